The molecule has 2 rings (SSSR count). The summed E-state index contributed by atoms with van der Waals surface area (Å²) in [5, 5.41) is 11.0. The van der Waals surface area contributed by atoms with Crippen molar-refractivity contribution >= 4 is 33.5 Å². The summed E-state index contributed by atoms with van der Waals surface area (Å²) >= 11 is 3.28. The predicted octanol–water partition coefficient (Wildman–Crippen LogP) is 3.32. The number of nitro groups is 1. The van der Waals surface area contributed by atoms with E-state index >= 15 is 0 Å². The Hall–Kier alpha value is -2.54. The summed E-state index contributed by atoms with van der Waals surface area (Å²) in [7, 11) is 0. The molecule has 1 aromatic carbocycles. The Kier molecular flexibility index (Phi) is 5.37. The minimum atomic E-state index is -0.463. The predicted molar refractivity (Wildman–Crippen MR) is 89.4 cm³/mol. The lowest BCUT2D eigenvalue weighted by atomic mass is 10.1. The Bertz CT molecular complexity index is 730. The third kappa shape index (κ3) is 4.23. The van der Waals surface area contributed by atoms with Crippen LogP contribution in [0.5, 0.6) is 0 Å². The van der Waals surface area contributed by atoms with Crippen molar-refractivity contribution in [3.63, 3.8) is 0 Å². The zero-order valence-corrected chi connectivity index (χ0v) is 13.1. The van der Waals surface area contributed by atoms with Gasteiger partial charge in [0.15, 0.2) is 0 Å². The SMILES string of the molecule is NC(=CC=NCc1cccnc1)c1cc(Br)ccc1[N+](=O)[O-]. The van der Waals surface area contributed by atoms with Gasteiger partial charge in [-0.25, -0.2) is 0 Å². The van der Waals surface area contributed by atoms with Crippen molar-refractivity contribution < 1.29 is 4.92 Å². The van der Waals surface area contributed by atoms with Crippen LogP contribution in [0.4, 0.5) is 5.69 Å². The number of allylic oxidation sites excluding steroid dienone is 1. The second-order valence-corrected chi connectivity index (χ2v) is 5.31. The summed E-state index contributed by atoms with van der Waals surface area (Å²) in [5.74, 6) is 0. The van der Waals surface area contributed by atoms with Gasteiger partial charge in [-0.05, 0) is 29.8 Å². The number of hydrogen-bond acceptors (Lipinski definition) is 5. The quantitative estimate of drug-likeness (QED) is 0.502. The van der Waals surface area contributed by atoms with Crippen molar-refractivity contribution in [2.24, 2.45) is 10.7 Å². The number of halogens is 1. The molecule has 0 unspecified atom stereocenters. The van der Waals surface area contributed by atoms with Crippen LogP contribution in [-0.2, 0) is 6.54 Å². The fourth-order valence-electron chi connectivity index (χ4n) is 1.77. The smallest absolute Gasteiger partial charge is 0.278 e. The molecule has 0 saturated carbocycles. The van der Waals surface area contributed by atoms with Gasteiger partial charge in [-0.3, -0.25) is 20.1 Å². The van der Waals surface area contributed by atoms with Crippen molar-refractivity contribution in [3.8, 4) is 0 Å². The molecule has 6 nitrogen and oxygen atoms in total. The average molecular weight is 361 g/mol. The van der Waals surface area contributed by atoms with Gasteiger partial charge in [-0.15, -0.1) is 0 Å². The molecule has 0 amide bonds. The minimum absolute atomic E-state index is 0.0439. The fourth-order valence-corrected chi connectivity index (χ4v) is 2.13. The molecular weight excluding hydrogens is 348 g/mol. The van der Waals surface area contributed by atoms with E-state index < -0.39 is 4.92 Å². The molecule has 0 aliphatic heterocycles. The van der Waals surface area contributed by atoms with Crippen LogP contribution < -0.4 is 5.73 Å². The number of nitrogens with zero attached hydrogens (tertiary/aromatic N) is 3. The number of nitrogens with two attached hydrogens (primary N) is 1. The number of nitro benzene ring substituents is 1. The summed E-state index contributed by atoms with van der Waals surface area (Å²) in [5.41, 5.74) is 7.48. The maximum Gasteiger partial charge on any atom is 0.278 e. The Morgan fingerprint density at radius 1 is 1.45 bits per heavy atom. The van der Waals surface area contributed by atoms with Gasteiger partial charge in [-0.2, -0.15) is 0 Å². The number of pyridine rings is 1. The topological polar surface area (TPSA) is 94.4 Å². The molecule has 0 aliphatic carbocycles. The van der Waals surface area contributed by atoms with E-state index in [0.717, 1.165) is 10.0 Å². The molecule has 2 aromatic rings. The standard InChI is InChI=1S/C15H13BrN4O2/c16-12-3-4-15(20(21)22)13(8-12)14(17)5-7-19-10-11-2-1-6-18-9-11/h1-9H,10,17H2. The van der Waals surface area contributed by atoms with E-state index in [1.54, 1.807) is 30.6 Å². The summed E-state index contributed by atoms with van der Waals surface area (Å²) in [6.07, 6.45) is 6.50. The second-order valence-electron chi connectivity index (χ2n) is 4.39. The Morgan fingerprint density at radius 2 is 2.27 bits per heavy atom. The maximum atomic E-state index is 11.0. The molecule has 0 atom stereocenters. The Labute approximate surface area is 135 Å². The molecule has 0 bridgehead atoms. The molecule has 0 aliphatic rings. The highest BCUT2D eigenvalue weighted by Crippen LogP contribution is 2.26. The van der Waals surface area contributed by atoms with Crippen LogP contribution >= 0.6 is 15.9 Å². The summed E-state index contributed by atoms with van der Waals surface area (Å²) in [6.45, 7) is 0.470. The summed E-state index contributed by atoms with van der Waals surface area (Å²) in [4.78, 5) is 18.8. The summed E-state index contributed by atoms with van der Waals surface area (Å²) in [6, 6.07) is 8.37. The molecule has 0 saturated heterocycles. The molecule has 0 radical (unpaired) electrons. The van der Waals surface area contributed by atoms with E-state index in [9.17, 15) is 10.1 Å². The van der Waals surface area contributed by atoms with Gasteiger partial charge in [-0.1, -0.05) is 22.0 Å². The zero-order chi connectivity index (χ0) is 15.9. The first-order chi connectivity index (χ1) is 10.6. The average Bonchev–Trinajstić information content (AvgIpc) is 2.52. The molecule has 112 valence electrons. The van der Waals surface area contributed by atoms with Crippen LogP contribution in [0.15, 0.2) is 58.3 Å². The normalized spacial score (nSPS) is 11.8. The van der Waals surface area contributed by atoms with Crippen molar-refractivity contribution in [3.05, 3.63) is 74.5 Å². The molecule has 1 heterocycles. The minimum Gasteiger partial charge on any atom is -0.398 e. The van der Waals surface area contributed by atoms with E-state index in [1.165, 1.54) is 12.3 Å². The third-order valence-electron chi connectivity index (χ3n) is 2.82. The monoisotopic (exact) mass is 360 g/mol. The molecule has 2 N–H and O–H groups in total. The zero-order valence-electron chi connectivity index (χ0n) is 11.5. The number of aromatic nitrogens is 1. The highest BCUT2D eigenvalue weighted by molar-refractivity contribution is 9.10. The second kappa shape index (κ2) is 7.46. The van der Waals surface area contributed by atoms with Crippen molar-refractivity contribution in [2.75, 3.05) is 0 Å². The maximum absolute atomic E-state index is 11.0. The van der Waals surface area contributed by atoms with E-state index in [2.05, 4.69) is 25.9 Å². The van der Waals surface area contributed by atoms with E-state index in [1.807, 2.05) is 12.1 Å². The lowest BCUT2D eigenvalue weighted by molar-refractivity contribution is -0.385. The van der Waals surface area contributed by atoms with E-state index in [0.29, 0.717) is 12.1 Å². The molecular formula is C15H13BrN4O2. The lowest BCUT2D eigenvalue weighted by Gasteiger charge is -2.03. The molecule has 22 heavy (non-hydrogen) atoms. The van der Waals surface area contributed by atoms with Crippen LogP contribution in [0.3, 0.4) is 0 Å². The van der Waals surface area contributed by atoms with Crippen LogP contribution in [-0.4, -0.2) is 16.1 Å². The van der Waals surface area contributed by atoms with Crippen molar-refractivity contribution in [2.45, 2.75) is 6.54 Å². The number of aliphatic imine (C=N–C) groups is 1. The Morgan fingerprint density at radius 3 is 2.95 bits per heavy atom. The highest BCUT2D eigenvalue weighted by Gasteiger charge is 2.15. The fraction of sp³-hybridized carbons (Fsp3) is 0.0667. The first kappa shape index (κ1) is 15.8. The summed E-state index contributed by atoms with van der Waals surface area (Å²) < 4.78 is 0.719. The number of benzene rings is 1. The van der Waals surface area contributed by atoms with Crippen LogP contribution in [0.25, 0.3) is 5.70 Å². The van der Waals surface area contributed by atoms with Crippen LogP contribution in [0, 0.1) is 10.1 Å². The molecule has 0 fully saturated rings. The first-order valence-corrected chi connectivity index (χ1v) is 7.16. The van der Waals surface area contributed by atoms with Crippen molar-refractivity contribution in [1.29, 1.82) is 0 Å². The van der Waals surface area contributed by atoms with Crippen LogP contribution in [0.1, 0.15) is 11.1 Å². The van der Waals surface area contributed by atoms with Gasteiger partial charge in [0.05, 0.1) is 17.0 Å². The Balaban J connectivity index is 2.15. The largest absolute Gasteiger partial charge is 0.398 e. The molecule has 1 aromatic heterocycles. The van der Waals surface area contributed by atoms with Crippen molar-refractivity contribution in [1.82, 2.24) is 4.98 Å². The van der Waals surface area contributed by atoms with E-state index in [-0.39, 0.29) is 11.4 Å². The van der Waals surface area contributed by atoms with Crippen LogP contribution in [0.2, 0.25) is 0 Å². The highest BCUT2D eigenvalue weighted by atomic mass is 79.9. The third-order valence-corrected chi connectivity index (χ3v) is 3.32. The van der Waals surface area contributed by atoms with Gasteiger partial charge in [0, 0.05) is 34.8 Å². The van der Waals surface area contributed by atoms with Gasteiger partial charge in [0.1, 0.15) is 0 Å². The van der Waals surface area contributed by atoms with Gasteiger partial charge in [0.25, 0.3) is 5.69 Å². The lowest BCUT2D eigenvalue weighted by Crippen LogP contribution is -2.01. The van der Waals surface area contributed by atoms with E-state index in [4.69, 9.17) is 5.73 Å². The molecule has 0 spiro atoms. The number of rotatable bonds is 5. The van der Waals surface area contributed by atoms with Gasteiger partial charge >= 0.3 is 0 Å². The molecule has 7 heteroatoms. The number of hydrogen-bond donors (Lipinski definition) is 1. The van der Waals surface area contributed by atoms with Gasteiger partial charge < -0.3 is 5.73 Å². The first-order valence-electron chi connectivity index (χ1n) is 6.36. The van der Waals surface area contributed by atoms with Gasteiger partial charge in [0.2, 0.25) is 0 Å².